The van der Waals surface area contributed by atoms with Gasteiger partial charge in [-0.2, -0.15) is 0 Å². The highest BCUT2D eigenvalue weighted by Crippen LogP contribution is 2.18. The van der Waals surface area contributed by atoms with Crippen LogP contribution in [0.1, 0.15) is 97.3 Å². The fourth-order valence-corrected chi connectivity index (χ4v) is 3.09. The van der Waals surface area contributed by atoms with Crippen LogP contribution in [0, 0.1) is 5.92 Å². The number of unbranched alkanes of at least 4 members (excludes halogenated alkanes) is 8. The second-order valence-corrected chi connectivity index (χ2v) is 7.11. The van der Waals surface area contributed by atoms with Crippen molar-refractivity contribution in [3.8, 4) is 0 Å². The number of carbonyl (C=O) groups is 2. The first-order valence-electron chi connectivity index (χ1n) is 10.1. The molecular formula is C20H38O5. The largest absolute Gasteiger partial charge is 0.481 e. The molecule has 0 aliphatic heterocycles. The van der Waals surface area contributed by atoms with Crippen LogP contribution in [-0.2, 0) is 9.59 Å². The Bertz CT molecular complexity index is 356. The SMILES string of the molecule is CCCCCCCC(O)CC(=O)C(C(=O)O)C(O)CCCCCCC. The molecule has 3 atom stereocenters. The minimum absolute atomic E-state index is 0.183. The first-order chi connectivity index (χ1) is 11.9. The Morgan fingerprint density at radius 3 is 1.72 bits per heavy atom. The van der Waals surface area contributed by atoms with E-state index in [1.807, 2.05) is 0 Å². The lowest BCUT2D eigenvalue weighted by atomic mass is 9.89. The van der Waals surface area contributed by atoms with Crippen LogP contribution in [0.3, 0.4) is 0 Å². The minimum atomic E-state index is -1.42. The zero-order valence-electron chi connectivity index (χ0n) is 16.1. The summed E-state index contributed by atoms with van der Waals surface area (Å²) in [4.78, 5) is 23.6. The van der Waals surface area contributed by atoms with Crippen molar-refractivity contribution in [1.82, 2.24) is 0 Å². The van der Waals surface area contributed by atoms with E-state index in [1.54, 1.807) is 0 Å². The lowest BCUT2D eigenvalue weighted by Crippen LogP contribution is -2.36. The van der Waals surface area contributed by atoms with Crippen LogP contribution in [0.15, 0.2) is 0 Å². The van der Waals surface area contributed by atoms with Crippen LogP contribution in [0.5, 0.6) is 0 Å². The summed E-state index contributed by atoms with van der Waals surface area (Å²) in [6, 6.07) is 0. The van der Waals surface area contributed by atoms with Crippen molar-refractivity contribution in [3.63, 3.8) is 0 Å². The number of Topliss-reactive ketones (excluding diaryl/α,β-unsaturated/α-hetero) is 1. The lowest BCUT2D eigenvalue weighted by molar-refractivity contribution is -0.151. The molecule has 0 fully saturated rings. The van der Waals surface area contributed by atoms with Gasteiger partial charge in [0.2, 0.25) is 0 Å². The molecule has 0 rings (SSSR count). The van der Waals surface area contributed by atoms with Gasteiger partial charge in [-0.3, -0.25) is 9.59 Å². The Labute approximate surface area is 152 Å². The van der Waals surface area contributed by atoms with Gasteiger partial charge in [0, 0.05) is 6.42 Å². The van der Waals surface area contributed by atoms with Crippen molar-refractivity contribution in [2.24, 2.45) is 5.92 Å². The predicted octanol–water partition coefficient (Wildman–Crippen LogP) is 4.09. The van der Waals surface area contributed by atoms with Crippen LogP contribution < -0.4 is 0 Å². The van der Waals surface area contributed by atoms with E-state index in [0.717, 1.165) is 57.8 Å². The van der Waals surface area contributed by atoms with E-state index in [-0.39, 0.29) is 6.42 Å². The van der Waals surface area contributed by atoms with E-state index >= 15 is 0 Å². The molecule has 0 amide bonds. The molecule has 0 aromatic rings. The maximum atomic E-state index is 12.2. The predicted molar refractivity (Wildman–Crippen MR) is 99.5 cm³/mol. The topological polar surface area (TPSA) is 94.8 Å². The van der Waals surface area contributed by atoms with E-state index < -0.39 is 29.9 Å². The molecule has 0 radical (unpaired) electrons. The number of aliphatic hydroxyl groups excluding tert-OH is 2. The number of aliphatic carboxylic acids is 1. The standard InChI is InChI=1S/C20H38O5/c1-3-5-7-9-11-13-16(21)15-18(23)19(20(24)25)17(22)14-12-10-8-6-4-2/h16-17,19,21-22H,3-15H2,1-2H3,(H,24,25). The number of carboxylic acids is 1. The third kappa shape index (κ3) is 12.1. The number of rotatable bonds is 17. The second kappa shape index (κ2) is 15.3. The molecule has 0 aromatic heterocycles. The Morgan fingerprint density at radius 1 is 0.760 bits per heavy atom. The molecule has 0 spiro atoms. The zero-order chi connectivity index (χ0) is 19.1. The van der Waals surface area contributed by atoms with Crippen molar-refractivity contribution in [2.75, 3.05) is 0 Å². The van der Waals surface area contributed by atoms with Crippen LogP contribution in [-0.4, -0.2) is 39.3 Å². The summed E-state index contributed by atoms with van der Waals surface area (Å²) in [5.74, 6) is -3.27. The van der Waals surface area contributed by atoms with E-state index in [9.17, 15) is 24.9 Å². The number of aliphatic hydroxyl groups is 2. The number of hydrogen-bond donors (Lipinski definition) is 3. The lowest BCUT2D eigenvalue weighted by Gasteiger charge is -2.19. The molecule has 0 heterocycles. The average molecular weight is 359 g/mol. The molecule has 148 valence electrons. The highest BCUT2D eigenvalue weighted by molar-refractivity contribution is 5.99. The fraction of sp³-hybridized carbons (Fsp3) is 0.900. The summed E-state index contributed by atoms with van der Waals surface area (Å²) in [6.07, 6.45) is 8.92. The van der Waals surface area contributed by atoms with E-state index in [1.165, 1.54) is 6.42 Å². The van der Waals surface area contributed by atoms with Gasteiger partial charge in [-0.15, -0.1) is 0 Å². The molecule has 0 aliphatic rings. The molecule has 0 saturated heterocycles. The highest BCUT2D eigenvalue weighted by Gasteiger charge is 2.33. The van der Waals surface area contributed by atoms with Gasteiger partial charge in [-0.05, 0) is 12.8 Å². The summed E-state index contributed by atoms with van der Waals surface area (Å²) >= 11 is 0. The van der Waals surface area contributed by atoms with Crippen molar-refractivity contribution < 1.29 is 24.9 Å². The normalized spacial score (nSPS) is 14.9. The highest BCUT2D eigenvalue weighted by atomic mass is 16.4. The first kappa shape index (κ1) is 24.1. The van der Waals surface area contributed by atoms with Gasteiger partial charge in [0.1, 0.15) is 5.92 Å². The molecule has 0 aliphatic carbocycles. The first-order valence-corrected chi connectivity index (χ1v) is 10.1. The van der Waals surface area contributed by atoms with E-state index in [0.29, 0.717) is 12.8 Å². The summed E-state index contributed by atoms with van der Waals surface area (Å²) < 4.78 is 0. The van der Waals surface area contributed by atoms with Gasteiger partial charge in [-0.25, -0.2) is 0 Å². The minimum Gasteiger partial charge on any atom is -0.481 e. The molecule has 3 unspecified atom stereocenters. The maximum absolute atomic E-state index is 12.2. The number of hydrogen-bond acceptors (Lipinski definition) is 4. The zero-order valence-corrected chi connectivity index (χ0v) is 16.1. The third-order valence-corrected chi connectivity index (χ3v) is 4.68. The van der Waals surface area contributed by atoms with Crippen molar-refractivity contribution >= 4 is 11.8 Å². The maximum Gasteiger partial charge on any atom is 0.316 e. The van der Waals surface area contributed by atoms with Crippen molar-refractivity contribution in [2.45, 2.75) is 110 Å². The van der Waals surface area contributed by atoms with Gasteiger partial charge in [-0.1, -0.05) is 78.1 Å². The van der Waals surface area contributed by atoms with Gasteiger partial charge >= 0.3 is 5.97 Å². The molecular weight excluding hydrogens is 320 g/mol. The molecule has 0 aromatic carbocycles. The van der Waals surface area contributed by atoms with Gasteiger partial charge < -0.3 is 15.3 Å². The summed E-state index contributed by atoms with van der Waals surface area (Å²) in [6.45, 7) is 4.25. The number of carboxylic acid groups (broad SMARTS) is 1. The molecule has 0 saturated carbocycles. The third-order valence-electron chi connectivity index (χ3n) is 4.68. The molecule has 5 nitrogen and oxygen atoms in total. The van der Waals surface area contributed by atoms with Crippen molar-refractivity contribution in [1.29, 1.82) is 0 Å². The van der Waals surface area contributed by atoms with Crippen LogP contribution in [0.2, 0.25) is 0 Å². The molecule has 25 heavy (non-hydrogen) atoms. The Balaban J connectivity index is 4.22. The molecule has 3 N–H and O–H groups in total. The summed E-state index contributed by atoms with van der Waals surface area (Å²) in [5, 5.41) is 29.4. The quantitative estimate of drug-likeness (QED) is 0.269. The second-order valence-electron chi connectivity index (χ2n) is 7.11. The smallest absolute Gasteiger partial charge is 0.316 e. The Morgan fingerprint density at radius 2 is 1.24 bits per heavy atom. The summed E-state index contributed by atoms with van der Waals surface area (Å²) in [7, 11) is 0. The molecule has 0 bridgehead atoms. The van der Waals surface area contributed by atoms with E-state index in [4.69, 9.17) is 0 Å². The van der Waals surface area contributed by atoms with Crippen LogP contribution in [0.25, 0.3) is 0 Å². The Kier molecular flexibility index (Phi) is 14.7. The molecule has 5 heteroatoms. The Hall–Kier alpha value is -0.940. The van der Waals surface area contributed by atoms with Gasteiger partial charge in [0.25, 0.3) is 0 Å². The number of ketones is 1. The number of carbonyl (C=O) groups excluding carboxylic acids is 1. The van der Waals surface area contributed by atoms with Crippen LogP contribution >= 0.6 is 0 Å². The van der Waals surface area contributed by atoms with E-state index in [2.05, 4.69) is 13.8 Å². The van der Waals surface area contributed by atoms with Gasteiger partial charge in [0.15, 0.2) is 5.78 Å². The monoisotopic (exact) mass is 358 g/mol. The summed E-state index contributed by atoms with van der Waals surface area (Å²) in [5.41, 5.74) is 0. The van der Waals surface area contributed by atoms with Crippen molar-refractivity contribution in [3.05, 3.63) is 0 Å². The van der Waals surface area contributed by atoms with Crippen LogP contribution in [0.4, 0.5) is 0 Å². The van der Waals surface area contributed by atoms with Gasteiger partial charge in [0.05, 0.1) is 12.2 Å². The fourth-order valence-electron chi connectivity index (χ4n) is 3.09. The average Bonchev–Trinajstić information content (AvgIpc) is 2.54.